The van der Waals surface area contributed by atoms with Gasteiger partial charge in [0.2, 0.25) is 0 Å². The van der Waals surface area contributed by atoms with Gasteiger partial charge in [0, 0.05) is 17.3 Å². The van der Waals surface area contributed by atoms with Crippen LogP contribution in [0.3, 0.4) is 0 Å². The molecule has 0 aliphatic carbocycles. The molecule has 0 radical (unpaired) electrons. The zero-order chi connectivity index (χ0) is 23.4. The molecule has 3 aromatic rings. The van der Waals surface area contributed by atoms with E-state index in [1.165, 1.54) is 14.2 Å². The maximum absolute atomic E-state index is 13.6. The maximum Gasteiger partial charge on any atom is 0.282 e. The average molecular weight is 444 g/mol. The van der Waals surface area contributed by atoms with Crippen molar-refractivity contribution in [3.8, 4) is 17.2 Å². The minimum Gasteiger partial charge on any atom is -0.497 e. The summed E-state index contributed by atoms with van der Waals surface area (Å²) in [7, 11) is 3.06. The summed E-state index contributed by atoms with van der Waals surface area (Å²) in [5, 5.41) is 3.14. The lowest BCUT2D eigenvalue weighted by Crippen LogP contribution is -2.32. The van der Waals surface area contributed by atoms with Crippen molar-refractivity contribution in [1.82, 2.24) is 0 Å². The first kappa shape index (κ1) is 22.0. The number of carbonyl (C=O) groups is 2. The summed E-state index contributed by atoms with van der Waals surface area (Å²) in [5.41, 5.74) is 1.98. The quantitative estimate of drug-likeness (QED) is 0.516. The Morgan fingerprint density at radius 3 is 2.27 bits per heavy atom. The van der Waals surface area contributed by atoms with Crippen molar-refractivity contribution >= 4 is 28.8 Å². The summed E-state index contributed by atoms with van der Waals surface area (Å²) >= 11 is 0. The number of hydrogen-bond acceptors (Lipinski definition) is 6. The van der Waals surface area contributed by atoms with E-state index in [1.54, 1.807) is 66.7 Å². The Labute approximate surface area is 192 Å². The maximum atomic E-state index is 13.6. The van der Waals surface area contributed by atoms with E-state index in [-0.39, 0.29) is 11.3 Å². The Kier molecular flexibility index (Phi) is 6.31. The zero-order valence-corrected chi connectivity index (χ0v) is 18.6. The van der Waals surface area contributed by atoms with Crippen molar-refractivity contribution < 1.29 is 23.8 Å². The van der Waals surface area contributed by atoms with E-state index in [4.69, 9.17) is 14.2 Å². The van der Waals surface area contributed by atoms with Crippen LogP contribution in [-0.2, 0) is 9.59 Å². The second kappa shape index (κ2) is 9.48. The number of ether oxygens (including phenoxy) is 3. The molecular weight excluding hydrogens is 420 g/mol. The molecule has 7 nitrogen and oxygen atoms in total. The highest BCUT2D eigenvalue weighted by molar-refractivity contribution is 6.46. The lowest BCUT2D eigenvalue weighted by atomic mass is 10.0. The molecule has 2 amide bonds. The summed E-state index contributed by atoms with van der Waals surface area (Å²) in [5.74, 6) is 0.829. The molecule has 0 bridgehead atoms. The largest absolute Gasteiger partial charge is 0.497 e. The summed E-state index contributed by atoms with van der Waals surface area (Å²) in [6.07, 6.45) is 0. The van der Waals surface area contributed by atoms with Gasteiger partial charge in [-0.15, -0.1) is 0 Å². The molecule has 0 saturated heterocycles. The van der Waals surface area contributed by atoms with Crippen LogP contribution in [0.25, 0.3) is 5.57 Å². The Bertz CT molecular complexity index is 1220. The van der Waals surface area contributed by atoms with Crippen molar-refractivity contribution in [3.05, 3.63) is 84.1 Å². The van der Waals surface area contributed by atoms with Gasteiger partial charge in [-0.25, -0.2) is 4.90 Å². The van der Waals surface area contributed by atoms with Gasteiger partial charge in [-0.2, -0.15) is 0 Å². The van der Waals surface area contributed by atoms with Crippen molar-refractivity contribution in [1.29, 1.82) is 0 Å². The number of anilines is 2. The molecule has 0 unspecified atom stereocenters. The third-order valence-electron chi connectivity index (χ3n) is 5.21. The number of amides is 2. The number of hydrogen-bond donors (Lipinski definition) is 1. The third-order valence-corrected chi connectivity index (χ3v) is 5.21. The summed E-state index contributed by atoms with van der Waals surface area (Å²) < 4.78 is 16.2. The standard InChI is InChI=1S/C26H24N2O5/c1-4-33-19-14-12-17(13-15-19)27-24-23(21-10-5-6-11-22(21)32-3)25(29)28(26(24)30)18-8-7-9-20(16-18)31-2/h5-16,27H,4H2,1-3H3. The molecule has 0 aromatic heterocycles. The summed E-state index contributed by atoms with van der Waals surface area (Å²) in [4.78, 5) is 28.3. The SMILES string of the molecule is CCOc1ccc(NC2=C(c3ccccc3OC)C(=O)N(c3cccc(OC)c3)C2=O)cc1. The summed E-state index contributed by atoms with van der Waals surface area (Å²) in [6, 6.07) is 21.1. The zero-order valence-electron chi connectivity index (χ0n) is 18.6. The molecule has 3 aromatic carbocycles. The van der Waals surface area contributed by atoms with Crippen molar-refractivity contribution in [2.45, 2.75) is 6.92 Å². The minimum atomic E-state index is -0.469. The van der Waals surface area contributed by atoms with Crippen LogP contribution in [0.4, 0.5) is 11.4 Å². The van der Waals surface area contributed by atoms with Gasteiger partial charge in [0.1, 0.15) is 22.9 Å². The van der Waals surface area contributed by atoms with Gasteiger partial charge in [-0.3, -0.25) is 9.59 Å². The van der Waals surface area contributed by atoms with Crippen LogP contribution in [0.2, 0.25) is 0 Å². The predicted octanol–water partition coefficient (Wildman–Crippen LogP) is 4.50. The summed E-state index contributed by atoms with van der Waals surface area (Å²) in [6.45, 7) is 2.46. The molecule has 1 aliphatic rings. The number of methoxy groups -OCH3 is 2. The number of nitrogens with one attached hydrogen (secondary N) is 1. The second-order valence-electron chi connectivity index (χ2n) is 7.18. The monoisotopic (exact) mass is 444 g/mol. The van der Waals surface area contributed by atoms with E-state index in [2.05, 4.69) is 5.32 Å². The van der Waals surface area contributed by atoms with E-state index >= 15 is 0 Å². The molecule has 4 rings (SSSR count). The molecule has 33 heavy (non-hydrogen) atoms. The van der Waals surface area contributed by atoms with Crippen molar-refractivity contribution in [3.63, 3.8) is 0 Å². The molecular formula is C26H24N2O5. The first-order chi connectivity index (χ1) is 16.1. The minimum absolute atomic E-state index is 0.163. The first-order valence-corrected chi connectivity index (χ1v) is 10.5. The number of benzene rings is 3. The van der Waals surface area contributed by atoms with Gasteiger partial charge in [-0.05, 0) is 49.4 Å². The highest BCUT2D eigenvalue weighted by atomic mass is 16.5. The molecule has 0 spiro atoms. The number of nitrogens with zero attached hydrogens (tertiary/aromatic N) is 1. The molecule has 1 heterocycles. The Morgan fingerprint density at radius 2 is 1.58 bits per heavy atom. The third kappa shape index (κ3) is 4.25. The predicted molar refractivity (Wildman–Crippen MR) is 127 cm³/mol. The van der Waals surface area contributed by atoms with Crippen molar-refractivity contribution in [2.24, 2.45) is 0 Å². The van der Waals surface area contributed by atoms with Crippen molar-refractivity contribution in [2.75, 3.05) is 31.0 Å². The lowest BCUT2D eigenvalue weighted by Gasteiger charge is -2.16. The van der Waals surface area contributed by atoms with Crippen LogP contribution in [0, 0.1) is 0 Å². The molecule has 0 atom stereocenters. The normalized spacial score (nSPS) is 13.4. The molecule has 7 heteroatoms. The Balaban J connectivity index is 1.80. The number of rotatable bonds is 8. The highest BCUT2D eigenvalue weighted by Gasteiger charge is 2.41. The van der Waals surface area contributed by atoms with E-state index in [1.807, 2.05) is 13.0 Å². The Morgan fingerprint density at radius 1 is 0.818 bits per heavy atom. The fraction of sp³-hybridized carbons (Fsp3) is 0.154. The van der Waals surface area contributed by atoms with E-state index in [0.717, 1.165) is 4.90 Å². The second-order valence-corrected chi connectivity index (χ2v) is 7.18. The van der Waals surface area contributed by atoms with Crippen LogP contribution in [0.1, 0.15) is 12.5 Å². The first-order valence-electron chi connectivity index (χ1n) is 10.5. The van der Waals surface area contributed by atoms with Crippen LogP contribution in [0.5, 0.6) is 17.2 Å². The molecule has 0 saturated carbocycles. The number of para-hydroxylation sites is 1. The van der Waals surface area contributed by atoms with E-state index in [0.29, 0.717) is 40.8 Å². The molecule has 1 aliphatic heterocycles. The van der Waals surface area contributed by atoms with E-state index < -0.39 is 11.8 Å². The highest BCUT2D eigenvalue weighted by Crippen LogP contribution is 2.38. The Hall–Kier alpha value is -4.26. The average Bonchev–Trinajstić information content (AvgIpc) is 3.09. The van der Waals surface area contributed by atoms with Gasteiger partial charge in [0.15, 0.2) is 0 Å². The lowest BCUT2D eigenvalue weighted by molar-refractivity contribution is -0.120. The van der Waals surface area contributed by atoms with Gasteiger partial charge in [0.25, 0.3) is 11.8 Å². The van der Waals surface area contributed by atoms with Gasteiger partial charge >= 0.3 is 0 Å². The van der Waals surface area contributed by atoms with Crippen LogP contribution >= 0.6 is 0 Å². The van der Waals surface area contributed by atoms with Gasteiger partial charge < -0.3 is 19.5 Å². The molecule has 0 fully saturated rings. The van der Waals surface area contributed by atoms with Gasteiger partial charge in [0.05, 0.1) is 32.1 Å². The molecule has 168 valence electrons. The van der Waals surface area contributed by atoms with Crippen LogP contribution < -0.4 is 24.4 Å². The smallest absolute Gasteiger partial charge is 0.282 e. The van der Waals surface area contributed by atoms with Gasteiger partial charge in [-0.1, -0.05) is 24.3 Å². The fourth-order valence-electron chi connectivity index (χ4n) is 3.68. The molecule has 1 N–H and O–H groups in total. The number of carbonyl (C=O) groups excluding carboxylic acids is 2. The topological polar surface area (TPSA) is 77.1 Å². The van der Waals surface area contributed by atoms with Crippen LogP contribution in [-0.4, -0.2) is 32.6 Å². The van der Waals surface area contributed by atoms with E-state index in [9.17, 15) is 9.59 Å². The fourth-order valence-corrected chi connectivity index (χ4v) is 3.68. The number of imide groups is 1. The van der Waals surface area contributed by atoms with Crippen LogP contribution in [0.15, 0.2) is 78.5 Å².